The predicted octanol–water partition coefficient (Wildman–Crippen LogP) is 2.85. The van der Waals surface area contributed by atoms with Crippen molar-refractivity contribution in [3.8, 4) is 5.69 Å². The van der Waals surface area contributed by atoms with Gasteiger partial charge in [-0.25, -0.2) is 9.37 Å². The van der Waals surface area contributed by atoms with Crippen molar-refractivity contribution in [2.45, 2.75) is 6.42 Å². The predicted molar refractivity (Wildman–Crippen MR) is 111 cm³/mol. The van der Waals surface area contributed by atoms with Crippen LogP contribution in [0.3, 0.4) is 0 Å². The first-order chi connectivity index (χ1) is 14.7. The number of hydrogen-bond acceptors (Lipinski definition) is 6. The summed E-state index contributed by atoms with van der Waals surface area (Å²) in [6, 6.07) is 11.8. The lowest BCUT2D eigenvalue weighted by atomic mass is 10.2. The number of anilines is 1. The molecule has 8 nitrogen and oxygen atoms in total. The van der Waals surface area contributed by atoms with Crippen LogP contribution < -0.4 is 10.9 Å². The molecule has 4 aromatic heterocycles. The Balaban J connectivity index is 1.61. The molecule has 0 bridgehead atoms. The van der Waals surface area contributed by atoms with Gasteiger partial charge in [0.15, 0.2) is 5.65 Å². The van der Waals surface area contributed by atoms with Gasteiger partial charge in [-0.1, -0.05) is 18.2 Å². The maximum absolute atomic E-state index is 14.6. The SMILES string of the molecule is O=c1c2cn[nH]c2c2cnc(NCCc3ccccn3)nc2n1-c1ccccc1F. The molecule has 0 aliphatic carbocycles. The summed E-state index contributed by atoms with van der Waals surface area (Å²) in [6.45, 7) is 0.554. The number of hydrogen-bond donors (Lipinski definition) is 2. The summed E-state index contributed by atoms with van der Waals surface area (Å²) in [5.74, 6) is -0.186. The summed E-state index contributed by atoms with van der Waals surface area (Å²) in [7, 11) is 0. The molecule has 0 aliphatic heterocycles. The van der Waals surface area contributed by atoms with Crippen LogP contribution in [0.4, 0.5) is 10.3 Å². The van der Waals surface area contributed by atoms with Gasteiger partial charge >= 0.3 is 0 Å². The smallest absolute Gasteiger partial charge is 0.267 e. The van der Waals surface area contributed by atoms with Crippen molar-refractivity contribution in [3.63, 3.8) is 0 Å². The fraction of sp³-hybridized carbons (Fsp3) is 0.0952. The second-order valence-electron chi connectivity index (χ2n) is 6.68. The first-order valence-electron chi connectivity index (χ1n) is 9.36. The molecular weight excluding hydrogens is 385 g/mol. The van der Waals surface area contributed by atoms with Crippen LogP contribution in [0.5, 0.6) is 0 Å². The minimum absolute atomic E-state index is 0.119. The zero-order chi connectivity index (χ0) is 20.5. The number of fused-ring (bicyclic) bond motifs is 3. The third kappa shape index (κ3) is 3.06. The number of aromatic amines is 1. The van der Waals surface area contributed by atoms with E-state index in [-0.39, 0.29) is 11.3 Å². The fourth-order valence-corrected chi connectivity index (χ4v) is 3.38. The molecule has 0 spiro atoms. The number of aromatic nitrogens is 6. The lowest BCUT2D eigenvalue weighted by molar-refractivity contribution is 0.618. The molecule has 0 aliphatic rings. The summed E-state index contributed by atoms with van der Waals surface area (Å²) in [5, 5.41) is 10.8. The van der Waals surface area contributed by atoms with Crippen LogP contribution in [-0.2, 0) is 6.42 Å². The third-order valence-electron chi connectivity index (χ3n) is 4.81. The Morgan fingerprint density at radius 3 is 2.73 bits per heavy atom. The number of H-pyrrole nitrogens is 1. The average Bonchev–Trinajstić information content (AvgIpc) is 3.26. The van der Waals surface area contributed by atoms with Gasteiger partial charge in [-0.05, 0) is 24.3 Å². The third-order valence-corrected chi connectivity index (χ3v) is 4.81. The second kappa shape index (κ2) is 7.36. The van der Waals surface area contributed by atoms with Crippen molar-refractivity contribution < 1.29 is 4.39 Å². The van der Waals surface area contributed by atoms with Gasteiger partial charge in [0, 0.05) is 31.1 Å². The number of pyridine rings is 2. The van der Waals surface area contributed by atoms with Crippen molar-refractivity contribution >= 4 is 27.9 Å². The van der Waals surface area contributed by atoms with E-state index in [1.54, 1.807) is 30.6 Å². The first kappa shape index (κ1) is 17.9. The van der Waals surface area contributed by atoms with Gasteiger partial charge in [0.25, 0.3) is 5.56 Å². The fourth-order valence-electron chi connectivity index (χ4n) is 3.38. The molecule has 5 rings (SSSR count). The van der Waals surface area contributed by atoms with E-state index in [0.717, 1.165) is 5.69 Å². The standard InChI is InChI=1S/C21H16FN7O/c22-16-6-1-2-7-17(16)29-19-14(18-15(20(29)30)12-26-28-18)11-25-21(27-19)24-10-8-13-5-3-4-9-23-13/h1-7,9,11-12H,8,10H2,(H,26,28)(H,24,25,27). The monoisotopic (exact) mass is 401 g/mol. The van der Waals surface area contributed by atoms with Gasteiger partial charge in [0.1, 0.15) is 5.82 Å². The molecule has 0 fully saturated rings. The Bertz CT molecular complexity index is 1410. The molecule has 1 aromatic carbocycles. The topological polar surface area (TPSA) is 101 Å². The second-order valence-corrected chi connectivity index (χ2v) is 6.68. The minimum atomic E-state index is -0.521. The number of rotatable bonds is 5. The van der Waals surface area contributed by atoms with Crippen molar-refractivity contribution in [2.24, 2.45) is 0 Å². The van der Waals surface area contributed by atoms with E-state index in [4.69, 9.17) is 0 Å². The van der Waals surface area contributed by atoms with E-state index in [1.807, 2.05) is 18.2 Å². The van der Waals surface area contributed by atoms with Gasteiger partial charge in [0.05, 0.1) is 28.2 Å². The number of para-hydroxylation sites is 1. The van der Waals surface area contributed by atoms with E-state index in [0.29, 0.717) is 35.2 Å². The molecule has 0 unspecified atom stereocenters. The highest BCUT2D eigenvalue weighted by atomic mass is 19.1. The number of halogens is 1. The summed E-state index contributed by atoms with van der Waals surface area (Å²) in [4.78, 5) is 26.3. The van der Waals surface area contributed by atoms with E-state index >= 15 is 0 Å². The number of benzene rings is 1. The molecule has 5 aromatic rings. The highest BCUT2D eigenvalue weighted by molar-refractivity contribution is 6.02. The van der Waals surface area contributed by atoms with Gasteiger partial charge in [-0.2, -0.15) is 10.1 Å². The minimum Gasteiger partial charge on any atom is -0.354 e. The molecule has 0 saturated heterocycles. The van der Waals surface area contributed by atoms with Crippen molar-refractivity contribution in [1.29, 1.82) is 0 Å². The maximum Gasteiger partial charge on any atom is 0.267 e. The van der Waals surface area contributed by atoms with E-state index in [1.165, 1.54) is 16.8 Å². The summed E-state index contributed by atoms with van der Waals surface area (Å²) in [6.07, 6.45) is 5.45. The Labute approximate surface area is 169 Å². The summed E-state index contributed by atoms with van der Waals surface area (Å²) < 4.78 is 15.8. The van der Waals surface area contributed by atoms with Gasteiger partial charge in [-0.3, -0.25) is 19.4 Å². The van der Waals surface area contributed by atoms with E-state index in [9.17, 15) is 9.18 Å². The molecule has 0 atom stereocenters. The molecule has 9 heteroatoms. The maximum atomic E-state index is 14.6. The van der Waals surface area contributed by atoms with Gasteiger partial charge < -0.3 is 5.32 Å². The van der Waals surface area contributed by atoms with Crippen LogP contribution in [0.1, 0.15) is 5.69 Å². The molecule has 0 saturated carbocycles. The Morgan fingerprint density at radius 2 is 1.90 bits per heavy atom. The van der Waals surface area contributed by atoms with Gasteiger partial charge in [-0.15, -0.1) is 0 Å². The quantitative estimate of drug-likeness (QED) is 0.470. The van der Waals surface area contributed by atoms with Gasteiger partial charge in [0.2, 0.25) is 5.95 Å². The highest BCUT2D eigenvalue weighted by Crippen LogP contribution is 2.23. The molecule has 2 N–H and O–H groups in total. The summed E-state index contributed by atoms with van der Waals surface area (Å²) >= 11 is 0. The lowest BCUT2D eigenvalue weighted by Gasteiger charge is -2.12. The van der Waals surface area contributed by atoms with Crippen molar-refractivity contribution in [1.82, 2.24) is 29.7 Å². The Hall–Kier alpha value is -4.14. The molecule has 30 heavy (non-hydrogen) atoms. The van der Waals surface area contributed by atoms with Crippen LogP contribution in [0.25, 0.3) is 27.6 Å². The van der Waals surface area contributed by atoms with Crippen LogP contribution in [0.15, 0.2) is 65.8 Å². The molecule has 4 heterocycles. The zero-order valence-corrected chi connectivity index (χ0v) is 15.7. The molecule has 0 radical (unpaired) electrons. The average molecular weight is 401 g/mol. The summed E-state index contributed by atoms with van der Waals surface area (Å²) in [5.41, 5.74) is 1.45. The first-order valence-corrected chi connectivity index (χ1v) is 9.36. The lowest BCUT2D eigenvalue weighted by Crippen LogP contribution is -2.21. The highest BCUT2D eigenvalue weighted by Gasteiger charge is 2.18. The molecule has 148 valence electrons. The number of nitrogens with zero attached hydrogens (tertiary/aromatic N) is 5. The zero-order valence-electron chi connectivity index (χ0n) is 15.7. The normalized spacial score (nSPS) is 11.2. The van der Waals surface area contributed by atoms with E-state index in [2.05, 4.69) is 30.5 Å². The van der Waals surface area contributed by atoms with Crippen molar-refractivity contribution in [2.75, 3.05) is 11.9 Å². The molecule has 0 amide bonds. The van der Waals surface area contributed by atoms with Crippen LogP contribution in [0.2, 0.25) is 0 Å². The Kier molecular flexibility index (Phi) is 4.40. The largest absolute Gasteiger partial charge is 0.354 e. The van der Waals surface area contributed by atoms with Crippen LogP contribution in [-0.4, -0.2) is 36.3 Å². The number of nitrogens with one attached hydrogen (secondary N) is 2. The van der Waals surface area contributed by atoms with Crippen LogP contribution in [0, 0.1) is 5.82 Å². The van der Waals surface area contributed by atoms with Crippen molar-refractivity contribution in [3.05, 3.63) is 82.9 Å². The Morgan fingerprint density at radius 1 is 1.03 bits per heavy atom. The van der Waals surface area contributed by atoms with E-state index < -0.39 is 11.4 Å². The van der Waals surface area contributed by atoms with Crippen LogP contribution >= 0.6 is 0 Å². The molecular formula is C21H16FN7O.